The highest BCUT2D eigenvalue weighted by Gasteiger charge is 2.15. The van der Waals surface area contributed by atoms with Crippen molar-refractivity contribution in [2.75, 3.05) is 26.9 Å². The summed E-state index contributed by atoms with van der Waals surface area (Å²) >= 11 is 0. The molecule has 0 aliphatic rings. The molecular formula is C22H25NO4. The maximum atomic E-state index is 12.6. The van der Waals surface area contributed by atoms with Gasteiger partial charge in [0.25, 0.3) is 0 Å². The Morgan fingerprint density at radius 3 is 2.70 bits per heavy atom. The molecule has 2 aromatic carbocycles. The molecule has 0 atom stereocenters. The molecule has 5 heteroatoms. The lowest BCUT2D eigenvalue weighted by Gasteiger charge is -2.21. The van der Waals surface area contributed by atoms with Gasteiger partial charge in [0.15, 0.2) is 0 Å². The summed E-state index contributed by atoms with van der Waals surface area (Å²) in [6, 6.07) is 17.8. The van der Waals surface area contributed by atoms with Crippen LogP contribution in [0.2, 0.25) is 0 Å². The number of methoxy groups -OCH3 is 1. The average Bonchev–Trinajstić information content (AvgIpc) is 3.21. The van der Waals surface area contributed by atoms with Gasteiger partial charge in [-0.25, -0.2) is 0 Å². The highest BCUT2D eigenvalue weighted by Crippen LogP contribution is 2.25. The van der Waals surface area contributed by atoms with Gasteiger partial charge in [-0.15, -0.1) is 0 Å². The van der Waals surface area contributed by atoms with Crippen molar-refractivity contribution in [1.29, 1.82) is 0 Å². The second-order valence-electron chi connectivity index (χ2n) is 6.32. The van der Waals surface area contributed by atoms with Gasteiger partial charge in [0.05, 0.1) is 26.0 Å². The van der Waals surface area contributed by atoms with Gasteiger partial charge in [0.2, 0.25) is 5.91 Å². The fraction of sp³-hybridized carbons (Fsp3) is 0.318. The van der Waals surface area contributed by atoms with Crippen molar-refractivity contribution in [3.63, 3.8) is 0 Å². The normalized spacial score (nSPS) is 10.9. The number of furan rings is 1. The first-order valence-corrected chi connectivity index (χ1v) is 9.17. The molecular weight excluding hydrogens is 342 g/mol. The van der Waals surface area contributed by atoms with Gasteiger partial charge < -0.3 is 18.8 Å². The molecule has 1 aromatic heterocycles. The summed E-state index contributed by atoms with van der Waals surface area (Å²) in [5, 5.41) is 2.24. The van der Waals surface area contributed by atoms with E-state index < -0.39 is 0 Å². The predicted octanol–water partition coefficient (Wildman–Crippen LogP) is 4.27. The fourth-order valence-corrected chi connectivity index (χ4v) is 2.97. The molecule has 3 aromatic rings. The Labute approximate surface area is 159 Å². The summed E-state index contributed by atoms with van der Waals surface area (Å²) in [6.45, 7) is 2.00. The Hall–Kier alpha value is -2.79. The molecule has 0 spiro atoms. The maximum Gasteiger partial charge on any atom is 0.223 e. The van der Waals surface area contributed by atoms with E-state index in [-0.39, 0.29) is 5.91 Å². The van der Waals surface area contributed by atoms with Crippen LogP contribution in [0.15, 0.2) is 65.3 Å². The second kappa shape index (κ2) is 9.78. The van der Waals surface area contributed by atoms with Gasteiger partial charge in [-0.05, 0) is 30.0 Å². The van der Waals surface area contributed by atoms with Crippen molar-refractivity contribution in [3.8, 4) is 5.75 Å². The molecule has 0 aliphatic carbocycles. The lowest BCUT2D eigenvalue weighted by atomic mass is 10.1. The van der Waals surface area contributed by atoms with Crippen molar-refractivity contribution >= 4 is 16.7 Å². The number of fused-ring (bicyclic) bond motifs is 1. The van der Waals surface area contributed by atoms with Crippen LogP contribution in [0, 0.1) is 0 Å². The minimum Gasteiger partial charge on any atom is -0.493 e. The summed E-state index contributed by atoms with van der Waals surface area (Å²) in [5.41, 5.74) is 0. The van der Waals surface area contributed by atoms with E-state index in [1.54, 1.807) is 18.3 Å². The SMILES string of the molecule is COCCN(Cc1ccco1)C(=O)CCCOc1cccc2ccccc12. The third kappa shape index (κ3) is 5.34. The molecule has 0 radical (unpaired) electrons. The fourth-order valence-electron chi connectivity index (χ4n) is 2.97. The molecule has 142 valence electrons. The average molecular weight is 367 g/mol. The lowest BCUT2D eigenvalue weighted by molar-refractivity contribution is -0.133. The topological polar surface area (TPSA) is 51.9 Å². The largest absolute Gasteiger partial charge is 0.493 e. The van der Waals surface area contributed by atoms with Gasteiger partial charge in [-0.3, -0.25) is 4.79 Å². The van der Waals surface area contributed by atoms with Crippen molar-refractivity contribution < 1.29 is 18.7 Å². The van der Waals surface area contributed by atoms with Gasteiger partial charge in [0.1, 0.15) is 11.5 Å². The Bertz CT molecular complexity index is 839. The zero-order chi connectivity index (χ0) is 18.9. The highest BCUT2D eigenvalue weighted by molar-refractivity contribution is 5.88. The van der Waals surface area contributed by atoms with Crippen LogP contribution in [0.5, 0.6) is 5.75 Å². The number of hydrogen-bond acceptors (Lipinski definition) is 4. The van der Waals surface area contributed by atoms with Crippen LogP contribution < -0.4 is 4.74 Å². The van der Waals surface area contributed by atoms with E-state index in [1.807, 2.05) is 42.5 Å². The van der Waals surface area contributed by atoms with E-state index in [0.29, 0.717) is 39.1 Å². The van der Waals surface area contributed by atoms with E-state index in [4.69, 9.17) is 13.9 Å². The van der Waals surface area contributed by atoms with Crippen LogP contribution in [0.1, 0.15) is 18.6 Å². The van der Waals surface area contributed by atoms with E-state index in [0.717, 1.165) is 22.3 Å². The molecule has 5 nitrogen and oxygen atoms in total. The number of hydrogen-bond donors (Lipinski definition) is 0. The molecule has 0 N–H and O–H groups in total. The number of amides is 1. The van der Waals surface area contributed by atoms with E-state index in [1.165, 1.54) is 0 Å². The van der Waals surface area contributed by atoms with Crippen LogP contribution in [0.4, 0.5) is 0 Å². The number of rotatable bonds is 10. The Balaban J connectivity index is 1.51. The number of ether oxygens (including phenoxy) is 2. The highest BCUT2D eigenvalue weighted by atomic mass is 16.5. The zero-order valence-corrected chi connectivity index (χ0v) is 15.6. The molecule has 0 unspecified atom stereocenters. The van der Waals surface area contributed by atoms with Gasteiger partial charge in [-0.1, -0.05) is 36.4 Å². The molecule has 1 heterocycles. The van der Waals surface area contributed by atoms with E-state index in [2.05, 4.69) is 12.1 Å². The monoisotopic (exact) mass is 367 g/mol. The Kier molecular flexibility index (Phi) is 6.88. The number of benzene rings is 2. The van der Waals surface area contributed by atoms with Gasteiger partial charge in [0, 0.05) is 25.5 Å². The third-order valence-corrected chi connectivity index (χ3v) is 4.39. The quantitative estimate of drug-likeness (QED) is 0.502. The van der Waals surface area contributed by atoms with Crippen LogP contribution in [-0.4, -0.2) is 37.7 Å². The van der Waals surface area contributed by atoms with Gasteiger partial charge >= 0.3 is 0 Å². The molecule has 1 amide bonds. The van der Waals surface area contributed by atoms with Crippen molar-refractivity contribution in [2.24, 2.45) is 0 Å². The standard InChI is InChI=1S/C22H25NO4/c1-25-16-13-23(17-19-9-5-14-26-19)22(24)12-6-15-27-21-11-4-8-18-7-2-3-10-20(18)21/h2-5,7-11,14H,6,12-13,15-17H2,1H3. The first kappa shape index (κ1) is 19.0. The Morgan fingerprint density at radius 2 is 1.89 bits per heavy atom. The zero-order valence-electron chi connectivity index (χ0n) is 15.6. The second-order valence-corrected chi connectivity index (χ2v) is 6.32. The van der Waals surface area contributed by atoms with Crippen molar-refractivity contribution in [1.82, 2.24) is 4.90 Å². The van der Waals surface area contributed by atoms with Crippen LogP contribution >= 0.6 is 0 Å². The van der Waals surface area contributed by atoms with E-state index in [9.17, 15) is 4.79 Å². The number of carbonyl (C=O) groups excluding carboxylic acids is 1. The summed E-state index contributed by atoms with van der Waals surface area (Å²) in [7, 11) is 1.63. The molecule has 0 saturated heterocycles. The smallest absolute Gasteiger partial charge is 0.223 e. The molecule has 0 bridgehead atoms. The Morgan fingerprint density at radius 1 is 1.04 bits per heavy atom. The van der Waals surface area contributed by atoms with Gasteiger partial charge in [-0.2, -0.15) is 0 Å². The predicted molar refractivity (Wildman–Crippen MR) is 105 cm³/mol. The molecule has 0 fully saturated rings. The summed E-state index contributed by atoms with van der Waals surface area (Å²) in [6.07, 6.45) is 2.70. The van der Waals surface area contributed by atoms with Crippen molar-refractivity contribution in [3.05, 3.63) is 66.6 Å². The third-order valence-electron chi connectivity index (χ3n) is 4.39. The molecule has 27 heavy (non-hydrogen) atoms. The lowest BCUT2D eigenvalue weighted by Crippen LogP contribution is -2.33. The number of nitrogens with zero attached hydrogens (tertiary/aromatic N) is 1. The van der Waals surface area contributed by atoms with Crippen molar-refractivity contribution in [2.45, 2.75) is 19.4 Å². The summed E-state index contributed by atoms with van der Waals surface area (Å²) in [5.74, 6) is 1.70. The first-order chi connectivity index (χ1) is 13.3. The maximum absolute atomic E-state index is 12.6. The summed E-state index contributed by atoms with van der Waals surface area (Å²) < 4.78 is 16.4. The number of carbonyl (C=O) groups is 1. The van der Waals surface area contributed by atoms with Crippen LogP contribution in [0.25, 0.3) is 10.8 Å². The minimum absolute atomic E-state index is 0.0740. The molecule has 0 saturated carbocycles. The molecule has 0 aliphatic heterocycles. The van der Waals surface area contributed by atoms with Crippen LogP contribution in [0.3, 0.4) is 0 Å². The minimum atomic E-state index is 0.0740. The first-order valence-electron chi connectivity index (χ1n) is 9.17. The summed E-state index contributed by atoms with van der Waals surface area (Å²) in [4.78, 5) is 14.3. The molecule has 3 rings (SSSR count). The van der Waals surface area contributed by atoms with E-state index >= 15 is 0 Å². The van der Waals surface area contributed by atoms with Crippen LogP contribution in [-0.2, 0) is 16.1 Å².